The van der Waals surface area contributed by atoms with Gasteiger partial charge in [0.05, 0.1) is 0 Å². The predicted octanol–water partition coefficient (Wildman–Crippen LogP) is -0.0644. The van der Waals surface area contributed by atoms with Crippen molar-refractivity contribution in [3.63, 3.8) is 0 Å². The maximum absolute atomic E-state index is 10.9. The molecule has 0 aliphatic rings. The van der Waals surface area contributed by atoms with Crippen molar-refractivity contribution >= 4 is 19.8 Å². The number of hydrogen-bond donors (Lipinski definition) is 2. The summed E-state index contributed by atoms with van der Waals surface area (Å²) < 4.78 is 10.9. The van der Waals surface area contributed by atoms with E-state index in [9.17, 15) is 8.63 Å². The Hall–Kier alpha value is -0.511. The third-order valence-electron chi connectivity index (χ3n) is 0.949. The number of allylic oxidation sites excluding steroid dienone is 1. The van der Waals surface area contributed by atoms with Gasteiger partial charge >= 0.3 is 68.6 Å². The van der Waals surface area contributed by atoms with Crippen LogP contribution in [0.15, 0.2) is 11.1 Å². The van der Waals surface area contributed by atoms with Crippen LogP contribution in [-0.2, 0) is 8.63 Å². The van der Waals surface area contributed by atoms with Crippen LogP contribution in [0, 0.1) is 0 Å². The molecule has 64 valence electrons. The molecule has 2 unspecified atom stereocenters. The summed E-state index contributed by atoms with van der Waals surface area (Å²) in [5, 5.41) is 8.40. The quantitative estimate of drug-likeness (QED) is 0.655. The van der Waals surface area contributed by atoms with Crippen LogP contribution in [0.1, 0.15) is 6.92 Å². The minimum absolute atomic E-state index is 0.0691. The summed E-state index contributed by atoms with van der Waals surface area (Å²) in [5.74, 6) is -1.10. The molecular formula is C6H11NO3Se. The van der Waals surface area contributed by atoms with Crippen LogP contribution in [0.2, 0.25) is 5.32 Å². The molecular weight excluding hydrogens is 213 g/mol. The molecule has 0 aromatic heterocycles. The van der Waals surface area contributed by atoms with Gasteiger partial charge in [0, 0.05) is 0 Å². The molecule has 0 saturated heterocycles. The Morgan fingerprint density at radius 2 is 2.36 bits per heavy atom. The Balaban J connectivity index is 3.85. The molecule has 0 aliphatic carbocycles. The number of rotatable bonds is 4. The third-order valence-corrected chi connectivity index (χ3v) is 3.60. The summed E-state index contributed by atoms with van der Waals surface area (Å²) in [6.45, 7) is 1.74. The standard InChI is InChI=1S/C6H11NO3Se/c1-2-3-11(10)4-5(7)6(8)9/h2-3,5H,4,7H2,1H3,(H,8,9)/b3-2+. The summed E-state index contributed by atoms with van der Waals surface area (Å²) in [4.78, 5) is 11.7. The molecule has 0 spiro atoms. The molecule has 3 N–H and O–H groups in total. The second-order valence-corrected chi connectivity index (χ2v) is 4.83. The fraction of sp³-hybridized carbons (Fsp3) is 0.500. The van der Waals surface area contributed by atoms with E-state index in [0.29, 0.717) is 0 Å². The Morgan fingerprint density at radius 3 is 2.73 bits per heavy atom. The molecule has 0 bridgehead atoms. The van der Waals surface area contributed by atoms with Crippen molar-refractivity contribution in [3.8, 4) is 0 Å². The van der Waals surface area contributed by atoms with Gasteiger partial charge in [0.15, 0.2) is 0 Å². The first-order chi connectivity index (χ1) is 5.07. The fourth-order valence-corrected chi connectivity index (χ4v) is 2.37. The van der Waals surface area contributed by atoms with Crippen molar-refractivity contribution in [2.45, 2.75) is 18.3 Å². The second-order valence-electron chi connectivity index (χ2n) is 1.96. The number of hydrogen-bond acceptors (Lipinski definition) is 3. The Bertz CT molecular complexity index is 190. The molecule has 0 aromatic rings. The van der Waals surface area contributed by atoms with E-state index in [1.807, 2.05) is 0 Å². The molecule has 2 atom stereocenters. The average Bonchev–Trinajstić information content (AvgIpc) is 1.87. The summed E-state index contributed by atoms with van der Waals surface area (Å²) in [5.41, 5.74) is 5.15. The summed E-state index contributed by atoms with van der Waals surface area (Å²) >= 11 is -2.13. The van der Waals surface area contributed by atoms with Crippen LogP contribution in [0.5, 0.6) is 0 Å². The Labute approximate surface area is 69.2 Å². The molecule has 0 rings (SSSR count). The van der Waals surface area contributed by atoms with E-state index in [-0.39, 0.29) is 5.32 Å². The molecule has 0 saturated carbocycles. The third kappa shape index (κ3) is 4.84. The number of carboxylic acids is 1. The van der Waals surface area contributed by atoms with Crippen molar-refractivity contribution in [1.29, 1.82) is 0 Å². The number of nitrogens with two attached hydrogens (primary N) is 1. The van der Waals surface area contributed by atoms with Crippen LogP contribution in [-0.4, -0.2) is 31.0 Å². The van der Waals surface area contributed by atoms with Gasteiger partial charge in [-0.2, -0.15) is 0 Å². The van der Waals surface area contributed by atoms with Gasteiger partial charge in [-0.05, 0) is 0 Å². The zero-order chi connectivity index (χ0) is 8.85. The van der Waals surface area contributed by atoms with Crippen LogP contribution < -0.4 is 5.73 Å². The van der Waals surface area contributed by atoms with Crippen molar-refractivity contribution < 1.29 is 13.7 Å². The molecule has 11 heavy (non-hydrogen) atoms. The number of carbonyl (C=O) groups is 1. The van der Waals surface area contributed by atoms with Gasteiger partial charge in [-0.15, -0.1) is 0 Å². The number of carboxylic acid groups (broad SMARTS) is 1. The van der Waals surface area contributed by atoms with Crippen molar-refractivity contribution in [2.24, 2.45) is 5.73 Å². The van der Waals surface area contributed by atoms with Gasteiger partial charge in [0.2, 0.25) is 0 Å². The van der Waals surface area contributed by atoms with E-state index in [4.69, 9.17) is 10.8 Å². The summed E-state index contributed by atoms with van der Waals surface area (Å²) in [7, 11) is 0. The van der Waals surface area contributed by atoms with E-state index in [0.717, 1.165) is 0 Å². The first kappa shape index (κ1) is 10.5. The van der Waals surface area contributed by atoms with E-state index in [2.05, 4.69) is 0 Å². The van der Waals surface area contributed by atoms with Crippen LogP contribution >= 0.6 is 0 Å². The fourth-order valence-electron chi connectivity index (χ4n) is 0.456. The van der Waals surface area contributed by atoms with Gasteiger partial charge in [-0.1, -0.05) is 0 Å². The van der Waals surface area contributed by atoms with Gasteiger partial charge in [0.1, 0.15) is 0 Å². The summed E-state index contributed by atoms with van der Waals surface area (Å²) in [6.07, 6.45) is 1.65. The van der Waals surface area contributed by atoms with Crippen molar-refractivity contribution in [2.75, 3.05) is 0 Å². The second kappa shape index (κ2) is 5.18. The van der Waals surface area contributed by atoms with Crippen LogP contribution in [0.3, 0.4) is 0 Å². The monoisotopic (exact) mass is 225 g/mol. The van der Waals surface area contributed by atoms with Crippen molar-refractivity contribution in [1.82, 2.24) is 0 Å². The molecule has 0 aliphatic heterocycles. The Kier molecular flexibility index (Phi) is 4.94. The number of aliphatic carboxylic acids is 1. The first-order valence-corrected chi connectivity index (χ1v) is 5.96. The topological polar surface area (TPSA) is 80.4 Å². The van der Waals surface area contributed by atoms with Gasteiger partial charge in [0.25, 0.3) is 0 Å². The molecule has 5 heteroatoms. The molecule has 0 amide bonds. The van der Waals surface area contributed by atoms with E-state index in [1.165, 1.54) is 4.97 Å². The first-order valence-electron chi connectivity index (χ1n) is 3.06. The molecule has 0 fully saturated rings. The zero-order valence-corrected chi connectivity index (χ0v) is 7.90. The van der Waals surface area contributed by atoms with Gasteiger partial charge < -0.3 is 0 Å². The summed E-state index contributed by atoms with van der Waals surface area (Å²) in [6, 6.07) is -0.992. The maximum atomic E-state index is 10.9. The van der Waals surface area contributed by atoms with Crippen LogP contribution in [0.25, 0.3) is 0 Å². The van der Waals surface area contributed by atoms with E-state index < -0.39 is 25.8 Å². The minimum atomic E-state index is -2.13. The average molecular weight is 224 g/mol. The van der Waals surface area contributed by atoms with Gasteiger partial charge in [-0.3, -0.25) is 0 Å². The molecule has 4 nitrogen and oxygen atoms in total. The van der Waals surface area contributed by atoms with E-state index >= 15 is 0 Å². The molecule has 0 aromatic carbocycles. The SMILES string of the molecule is C/C=C/[Se](=O)CC(N)C(=O)O. The predicted molar refractivity (Wildman–Crippen MR) is 41.7 cm³/mol. The van der Waals surface area contributed by atoms with Crippen LogP contribution in [0.4, 0.5) is 0 Å². The Morgan fingerprint density at radius 1 is 1.82 bits per heavy atom. The van der Waals surface area contributed by atoms with Crippen molar-refractivity contribution in [3.05, 3.63) is 11.1 Å². The molecule has 0 radical (unpaired) electrons. The van der Waals surface area contributed by atoms with Gasteiger partial charge in [-0.25, -0.2) is 0 Å². The normalized spacial score (nSPS) is 16.5. The zero-order valence-electron chi connectivity index (χ0n) is 6.19. The van der Waals surface area contributed by atoms with E-state index in [1.54, 1.807) is 13.0 Å². The molecule has 0 heterocycles.